The maximum Gasteiger partial charge on any atom is 0.161 e. The molecule has 0 spiro atoms. The monoisotopic (exact) mass is 534 g/mol. The van der Waals surface area contributed by atoms with Crippen molar-refractivity contribution in [3.05, 3.63) is 149 Å². The van der Waals surface area contributed by atoms with Crippen molar-refractivity contribution >= 4 is 5.78 Å². The van der Waals surface area contributed by atoms with E-state index in [-0.39, 0.29) is 18.0 Å². The van der Waals surface area contributed by atoms with Crippen molar-refractivity contribution in [3.8, 4) is 17.2 Å². The predicted molar refractivity (Wildman–Crippen MR) is 164 cm³/mol. The standard InChI is InChI=1S/C36H38O4/c1-27(2)12-8-9-13-28(3)22-33(37)24-31(23-32-16-10-11-17-34(32)38)19-18-29-20-21-35(36(25-29)39-4)40-26-30-14-6-5-7-15-30/h5-17,19-22,25,38H,1,18,23-24,26H2,2-4H3/b12-8-,13-9-,28-22-,31-19?. The van der Waals surface area contributed by atoms with Gasteiger partial charge in [0, 0.05) is 6.42 Å². The summed E-state index contributed by atoms with van der Waals surface area (Å²) in [5.74, 6) is 1.57. The fourth-order valence-corrected chi connectivity index (χ4v) is 4.07. The van der Waals surface area contributed by atoms with Crippen LogP contribution >= 0.6 is 0 Å². The van der Waals surface area contributed by atoms with Crippen LogP contribution in [0.5, 0.6) is 17.2 Å². The fourth-order valence-electron chi connectivity index (χ4n) is 4.07. The molecule has 3 rings (SSSR count). The molecule has 40 heavy (non-hydrogen) atoms. The van der Waals surface area contributed by atoms with Crippen molar-refractivity contribution in [3.63, 3.8) is 0 Å². The number of phenols is 1. The highest BCUT2D eigenvalue weighted by molar-refractivity contribution is 5.92. The van der Waals surface area contributed by atoms with E-state index in [9.17, 15) is 9.90 Å². The van der Waals surface area contributed by atoms with Crippen molar-refractivity contribution in [2.24, 2.45) is 0 Å². The van der Waals surface area contributed by atoms with Crippen LogP contribution in [-0.2, 0) is 24.2 Å². The van der Waals surface area contributed by atoms with Crippen LogP contribution in [0.1, 0.15) is 37.0 Å². The van der Waals surface area contributed by atoms with Gasteiger partial charge in [0.2, 0.25) is 0 Å². The molecule has 0 saturated carbocycles. The Morgan fingerprint density at radius 3 is 2.35 bits per heavy atom. The molecule has 206 valence electrons. The lowest BCUT2D eigenvalue weighted by molar-refractivity contribution is -0.114. The lowest BCUT2D eigenvalue weighted by Gasteiger charge is -2.13. The number of hydrogen-bond donors (Lipinski definition) is 1. The molecule has 0 unspecified atom stereocenters. The lowest BCUT2D eigenvalue weighted by atomic mass is 9.97. The zero-order valence-electron chi connectivity index (χ0n) is 23.6. The average molecular weight is 535 g/mol. The fraction of sp³-hybridized carbons (Fsp3) is 0.194. The van der Waals surface area contributed by atoms with Gasteiger partial charge in [0.25, 0.3) is 0 Å². The van der Waals surface area contributed by atoms with Crippen LogP contribution in [0, 0.1) is 0 Å². The molecule has 0 aliphatic rings. The molecule has 1 N–H and O–H groups in total. The molecule has 4 heteroatoms. The number of carbonyl (C=O) groups excluding carboxylic acids is 1. The molecular weight excluding hydrogens is 496 g/mol. The van der Waals surface area contributed by atoms with E-state index in [1.165, 1.54) is 0 Å². The Balaban J connectivity index is 1.75. The van der Waals surface area contributed by atoms with Gasteiger partial charge in [-0.15, -0.1) is 0 Å². The molecule has 0 aromatic heterocycles. The summed E-state index contributed by atoms with van der Waals surface area (Å²) in [6.07, 6.45) is 12.7. The summed E-state index contributed by atoms with van der Waals surface area (Å²) in [4.78, 5) is 12.9. The first-order valence-corrected chi connectivity index (χ1v) is 13.3. The van der Waals surface area contributed by atoms with Crippen LogP contribution in [0.2, 0.25) is 0 Å². The highest BCUT2D eigenvalue weighted by Crippen LogP contribution is 2.30. The van der Waals surface area contributed by atoms with Gasteiger partial charge in [-0.25, -0.2) is 0 Å². The Morgan fingerprint density at radius 1 is 0.900 bits per heavy atom. The Kier molecular flexibility index (Phi) is 11.8. The summed E-state index contributed by atoms with van der Waals surface area (Å²) < 4.78 is 11.6. The van der Waals surface area contributed by atoms with E-state index in [1.54, 1.807) is 25.3 Å². The molecule has 4 nitrogen and oxygen atoms in total. The van der Waals surface area contributed by atoms with Crippen molar-refractivity contribution < 1.29 is 19.4 Å². The first kappa shape index (κ1) is 30.0. The Morgan fingerprint density at radius 2 is 1.62 bits per heavy atom. The summed E-state index contributed by atoms with van der Waals surface area (Å²) in [7, 11) is 1.63. The summed E-state index contributed by atoms with van der Waals surface area (Å²) in [5.41, 5.74) is 5.67. The average Bonchev–Trinajstić information content (AvgIpc) is 2.94. The largest absolute Gasteiger partial charge is 0.508 e. The zero-order valence-corrected chi connectivity index (χ0v) is 23.6. The Hall–Kier alpha value is -4.57. The van der Waals surface area contributed by atoms with Gasteiger partial charge in [0.15, 0.2) is 17.3 Å². The minimum absolute atomic E-state index is 0.00921. The third-order valence-electron chi connectivity index (χ3n) is 6.14. The molecule has 0 saturated heterocycles. The number of allylic oxidation sites excluding steroid dienone is 9. The number of hydrogen-bond acceptors (Lipinski definition) is 4. The van der Waals surface area contributed by atoms with E-state index in [4.69, 9.17) is 9.47 Å². The lowest BCUT2D eigenvalue weighted by Crippen LogP contribution is -2.01. The highest BCUT2D eigenvalue weighted by atomic mass is 16.5. The number of phenolic OH excluding ortho intramolecular Hbond substituents is 1. The van der Waals surface area contributed by atoms with Crippen LogP contribution < -0.4 is 9.47 Å². The maximum absolute atomic E-state index is 12.9. The smallest absolute Gasteiger partial charge is 0.161 e. The predicted octanol–water partition coefficient (Wildman–Crippen LogP) is 8.29. The molecule has 0 fully saturated rings. The van der Waals surface area contributed by atoms with Gasteiger partial charge in [0.1, 0.15) is 12.4 Å². The second kappa shape index (κ2) is 15.7. The Labute approximate surface area is 238 Å². The van der Waals surface area contributed by atoms with Gasteiger partial charge in [-0.3, -0.25) is 4.79 Å². The number of ketones is 1. The second-order valence-electron chi connectivity index (χ2n) is 9.73. The molecule has 0 radical (unpaired) electrons. The van der Waals surface area contributed by atoms with Crippen LogP contribution in [0.15, 0.2) is 133 Å². The highest BCUT2D eigenvalue weighted by Gasteiger charge is 2.10. The number of benzene rings is 3. The van der Waals surface area contributed by atoms with E-state index >= 15 is 0 Å². The van der Waals surface area contributed by atoms with Crippen LogP contribution in [-0.4, -0.2) is 18.0 Å². The minimum atomic E-state index is 0.00921. The van der Waals surface area contributed by atoms with Crippen molar-refractivity contribution in [2.45, 2.75) is 39.7 Å². The van der Waals surface area contributed by atoms with Crippen LogP contribution in [0.25, 0.3) is 0 Å². The third kappa shape index (κ3) is 10.3. The SMILES string of the molecule is C=C(C)\C=C/C=C\C(C)=C/C(=O)CC(=CCc1ccc(OCc2ccccc2)c(OC)c1)Cc1ccccc1O. The van der Waals surface area contributed by atoms with Crippen LogP contribution in [0.3, 0.4) is 0 Å². The summed E-state index contributed by atoms with van der Waals surface area (Å²) in [6.45, 7) is 8.13. The summed E-state index contributed by atoms with van der Waals surface area (Å²) in [6, 6.07) is 23.1. The maximum atomic E-state index is 12.9. The molecule has 0 aliphatic heterocycles. The number of aromatic hydroxyl groups is 1. The molecule has 0 heterocycles. The molecule has 0 bridgehead atoms. The quantitative estimate of drug-likeness (QED) is 0.128. The molecule has 3 aromatic carbocycles. The first-order chi connectivity index (χ1) is 19.3. The van der Waals surface area contributed by atoms with E-state index in [0.29, 0.717) is 30.9 Å². The van der Waals surface area contributed by atoms with Gasteiger partial charge >= 0.3 is 0 Å². The van der Waals surface area contributed by atoms with Gasteiger partial charge in [0.05, 0.1) is 7.11 Å². The van der Waals surface area contributed by atoms with E-state index in [2.05, 4.69) is 12.7 Å². The minimum Gasteiger partial charge on any atom is -0.508 e. The van der Waals surface area contributed by atoms with Crippen LogP contribution in [0.4, 0.5) is 0 Å². The van der Waals surface area contributed by atoms with E-state index in [1.807, 2.05) is 98.8 Å². The van der Waals surface area contributed by atoms with Crippen molar-refractivity contribution in [1.82, 2.24) is 0 Å². The third-order valence-corrected chi connectivity index (χ3v) is 6.14. The van der Waals surface area contributed by atoms with E-state index in [0.717, 1.165) is 33.4 Å². The molecular formula is C36H38O4. The number of para-hydroxylation sites is 1. The van der Waals surface area contributed by atoms with Gasteiger partial charge in [-0.2, -0.15) is 0 Å². The summed E-state index contributed by atoms with van der Waals surface area (Å²) >= 11 is 0. The topological polar surface area (TPSA) is 55.8 Å². The molecule has 0 amide bonds. The molecule has 0 aliphatic carbocycles. The normalized spacial score (nSPS) is 12.2. The first-order valence-electron chi connectivity index (χ1n) is 13.3. The zero-order chi connectivity index (χ0) is 28.7. The van der Waals surface area contributed by atoms with Gasteiger partial charge in [-0.05, 0) is 73.2 Å². The number of rotatable bonds is 14. The molecule has 0 atom stereocenters. The number of carbonyl (C=O) groups is 1. The molecule has 3 aromatic rings. The summed E-state index contributed by atoms with van der Waals surface area (Å²) in [5, 5.41) is 10.3. The second-order valence-corrected chi connectivity index (χ2v) is 9.73. The van der Waals surface area contributed by atoms with Crippen molar-refractivity contribution in [1.29, 1.82) is 0 Å². The van der Waals surface area contributed by atoms with E-state index < -0.39 is 0 Å². The van der Waals surface area contributed by atoms with Crippen molar-refractivity contribution in [2.75, 3.05) is 7.11 Å². The Bertz CT molecular complexity index is 1410. The number of ether oxygens (including phenoxy) is 2. The van der Waals surface area contributed by atoms with Gasteiger partial charge in [-0.1, -0.05) is 103 Å². The number of methoxy groups -OCH3 is 1. The van der Waals surface area contributed by atoms with Gasteiger partial charge < -0.3 is 14.6 Å².